The average molecular weight is 1200 g/mol. The molecular formula is C66H103NO18. The van der Waals surface area contributed by atoms with E-state index in [1.807, 2.05) is 13.0 Å². The normalized spacial score (nSPS) is 30.0. The number of hydrogen-bond acceptors (Lipinski definition) is 18. The van der Waals surface area contributed by atoms with Gasteiger partial charge in [-0.25, -0.2) is 0 Å². The molecule has 0 radical (unpaired) electrons. The molecule has 3 saturated heterocycles. The standard InChI is InChI=1S/C66H103NO18/c1-3-5-7-9-11-13-14-15-16-17-18-19-20-21-22-23-24-25-26-27-28-29-30-31-32-33-34-36-38-40-42-44-54(72)67-49(50(71)43-41-39-37-35-12-10-8-6-4-2)48-80-64-60(78)57(75)62(52(46-69)82-64)85-66-61(79)58(76)63(53(47-70)83-66)84-65-59(77)56(74)55(73)51(45-68)81-65/h4-7,11-13,15-16,18-19,21-22,24-25,27-28,30-31,33-35,41,43,49-53,55-66,68-71,73-79H,3,8-10,14,17,20,23,26,29,32,36-40,42,44-48H2,1-2H3,(H,67,72)/b6-4+,7-5-,13-11-,16-15-,19-18-,22-21-,25-24-,28-27-,31-30-,34-33-,35-12+,43-41+. The van der Waals surface area contributed by atoms with Crippen molar-refractivity contribution in [3.63, 3.8) is 0 Å². The Morgan fingerprint density at radius 3 is 1.29 bits per heavy atom. The van der Waals surface area contributed by atoms with E-state index in [4.69, 9.17) is 28.4 Å². The summed E-state index contributed by atoms with van der Waals surface area (Å²) < 4.78 is 34.1. The van der Waals surface area contributed by atoms with Crippen molar-refractivity contribution in [1.29, 1.82) is 0 Å². The molecule has 85 heavy (non-hydrogen) atoms. The van der Waals surface area contributed by atoms with Crippen molar-refractivity contribution in [2.75, 3.05) is 26.4 Å². The van der Waals surface area contributed by atoms with Crippen LogP contribution in [-0.2, 0) is 33.2 Å². The highest BCUT2D eigenvalue weighted by molar-refractivity contribution is 5.76. The first-order valence-corrected chi connectivity index (χ1v) is 30.6. The molecule has 0 aromatic carbocycles. The number of unbranched alkanes of at least 4 members (excludes halogenated alkanes) is 5. The molecule has 0 spiro atoms. The third-order valence-electron chi connectivity index (χ3n) is 14.2. The van der Waals surface area contributed by atoms with E-state index in [1.165, 1.54) is 0 Å². The molecule has 3 aliphatic heterocycles. The highest BCUT2D eigenvalue weighted by atomic mass is 16.8. The number of allylic oxidation sites excluding steroid dienone is 23. The molecule has 3 rings (SSSR count). The second-order valence-electron chi connectivity index (χ2n) is 21.1. The highest BCUT2D eigenvalue weighted by Gasteiger charge is 2.53. The fourth-order valence-electron chi connectivity index (χ4n) is 9.22. The Morgan fingerprint density at radius 2 is 0.835 bits per heavy atom. The monoisotopic (exact) mass is 1200 g/mol. The number of carbonyl (C=O) groups is 1. The zero-order valence-corrected chi connectivity index (χ0v) is 50.0. The van der Waals surface area contributed by atoms with Gasteiger partial charge in [0.15, 0.2) is 18.9 Å². The van der Waals surface area contributed by atoms with E-state index in [2.05, 4.69) is 140 Å². The molecule has 0 saturated carbocycles. The number of hydrogen-bond donors (Lipinski definition) is 12. The van der Waals surface area contributed by atoms with Crippen molar-refractivity contribution in [1.82, 2.24) is 5.32 Å². The van der Waals surface area contributed by atoms with E-state index < -0.39 is 131 Å². The van der Waals surface area contributed by atoms with Crippen LogP contribution in [0.5, 0.6) is 0 Å². The van der Waals surface area contributed by atoms with Crippen LogP contribution in [0.4, 0.5) is 0 Å². The minimum atomic E-state index is -1.99. The predicted octanol–water partition coefficient (Wildman–Crippen LogP) is 6.03. The zero-order valence-electron chi connectivity index (χ0n) is 50.0. The van der Waals surface area contributed by atoms with E-state index in [0.717, 1.165) is 96.3 Å². The summed E-state index contributed by atoms with van der Waals surface area (Å²) >= 11 is 0. The minimum Gasteiger partial charge on any atom is -0.394 e. The summed E-state index contributed by atoms with van der Waals surface area (Å²) in [5.74, 6) is -0.334. The number of ether oxygens (including phenoxy) is 6. The first-order valence-electron chi connectivity index (χ1n) is 30.6. The Kier molecular flexibility index (Phi) is 41.2. The van der Waals surface area contributed by atoms with Crippen LogP contribution < -0.4 is 5.32 Å². The van der Waals surface area contributed by atoms with Gasteiger partial charge < -0.3 is 89.9 Å². The van der Waals surface area contributed by atoms with Crippen LogP contribution in [0.3, 0.4) is 0 Å². The molecule has 19 heteroatoms. The van der Waals surface area contributed by atoms with Gasteiger partial charge in [-0.05, 0) is 110 Å². The number of aliphatic hydroxyl groups excluding tert-OH is 11. The maximum atomic E-state index is 13.3. The Bertz CT molecular complexity index is 2110. The smallest absolute Gasteiger partial charge is 0.220 e. The molecule has 19 nitrogen and oxygen atoms in total. The van der Waals surface area contributed by atoms with Crippen LogP contribution in [0, 0.1) is 0 Å². The van der Waals surface area contributed by atoms with Crippen molar-refractivity contribution in [3.8, 4) is 0 Å². The summed E-state index contributed by atoms with van der Waals surface area (Å²) in [5, 5.41) is 120. The molecule has 3 aliphatic rings. The van der Waals surface area contributed by atoms with Gasteiger partial charge in [-0.3, -0.25) is 4.79 Å². The lowest BCUT2D eigenvalue weighted by Crippen LogP contribution is -2.66. The molecule has 17 atom stereocenters. The molecule has 0 aromatic heterocycles. The number of rotatable bonds is 42. The molecule has 0 aromatic rings. The SMILES string of the molecule is C/C=C/CC/C=C/CC/C=C/C(O)C(COC1OC(CO)C(OC2OC(CO)C(OC3OC(CO)C(O)C(O)C3O)C(O)C2O)C(O)C1O)NC(=O)CCCCC/C=C\C/C=C\C/C=C\C/C=C\C/C=C\C/C=C\C/C=C\C/C=C\C/C=C\CC. The number of amides is 1. The average Bonchev–Trinajstić information content (AvgIpc) is 3.55. The van der Waals surface area contributed by atoms with Gasteiger partial charge in [-0.1, -0.05) is 159 Å². The predicted molar refractivity (Wildman–Crippen MR) is 327 cm³/mol. The van der Waals surface area contributed by atoms with Gasteiger partial charge in [0, 0.05) is 6.42 Å². The van der Waals surface area contributed by atoms with E-state index in [0.29, 0.717) is 12.8 Å². The van der Waals surface area contributed by atoms with Gasteiger partial charge in [-0.2, -0.15) is 0 Å². The highest BCUT2D eigenvalue weighted by Crippen LogP contribution is 2.33. The number of nitrogens with one attached hydrogen (secondary N) is 1. The van der Waals surface area contributed by atoms with Crippen LogP contribution >= 0.6 is 0 Å². The summed E-state index contributed by atoms with van der Waals surface area (Å²) in [5.41, 5.74) is 0. The Hall–Kier alpha value is -4.33. The van der Waals surface area contributed by atoms with Gasteiger partial charge in [0.25, 0.3) is 0 Å². The second kappa shape index (κ2) is 46.8. The molecule has 0 aliphatic carbocycles. The van der Waals surface area contributed by atoms with Gasteiger partial charge in [0.1, 0.15) is 73.2 Å². The van der Waals surface area contributed by atoms with Crippen molar-refractivity contribution in [3.05, 3.63) is 146 Å². The van der Waals surface area contributed by atoms with E-state index in [-0.39, 0.29) is 12.3 Å². The maximum absolute atomic E-state index is 13.3. The lowest BCUT2D eigenvalue weighted by Gasteiger charge is -2.48. The largest absolute Gasteiger partial charge is 0.394 e. The summed E-state index contributed by atoms with van der Waals surface area (Å²) in [6.07, 6.45) is 38.8. The van der Waals surface area contributed by atoms with Gasteiger partial charge >= 0.3 is 0 Å². The topological polar surface area (TPSA) is 307 Å². The Morgan fingerprint density at radius 1 is 0.447 bits per heavy atom. The minimum absolute atomic E-state index is 0.180. The van der Waals surface area contributed by atoms with Crippen LogP contribution in [0.2, 0.25) is 0 Å². The fourth-order valence-corrected chi connectivity index (χ4v) is 9.22. The molecule has 0 bridgehead atoms. The number of aliphatic hydroxyl groups is 11. The molecule has 12 N–H and O–H groups in total. The Labute approximate surface area is 504 Å². The zero-order chi connectivity index (χ0) is 61.9. The molecule has 3 fully saturated rings. The number of carbonyl (C=O) groups excluding carboxylic acids is 1. The van der Waals surface area contributed by atoms with Crippen molar-refractivity contribution < 1.29 is 89.4 Å². The van der Waals surface area contributed by atoms with Gasteiger partial charge in [0.05, 0.1) is 38.6 Å². The van der Waals surface area contributed by atoms with Crippen LogP contribution in [-0.4, -0.2) is 193 Å². The van der Waals surface area contributed by atoms with Crippen LogP contribution in [0.1, 0.15) is 129 Å². The lowest BCUT2D eigenvalue weighted by atomic mass is 9.96. The maximum Gasteiger partial charge on any atom is 0.220 e. The molecule has 1 amide bonds. The summed E-state index contributed by atoms with van der Waals surface area (Å²) in [4.78, 5) is 13.3. The van der Waals surface area contributed by atoms with E-state index >= 15 is 0 Å². The van der Waals surface area contributed by atoms with Crippen LogP contribution in [0.25, 0.3) is 0 Å². The van der Waals surface area contributed by atoms with Gasteiger partial charge in [0.2, 0.25) is 5.91 Å². The van der Waals surface area contributed by atoms with Crippen molar-refractivity contribution >= 4 is 5.91 Å². The summed E-state index contributed by atoms with van der Waals surface area (Å²) in [6, 6.07) is -1.02. The van der Waals surface area contributed by atoms with Gasteiger partial charge in [-0.15, -0.1) is 0 Å². The van der Waals surface area contributed by atoms with Crippen molar-refractivity contribution in [2.24, 2.45) is 0 Å². The Balaban J connectivity index is 1.42. The molecular weight excluding hydrogens is 1090 g/mol. The molecule has 480 valence electrons. The third-order valence-corrected chi connectivity index (χ3v) is 14.2. The second-order valence-corrected chi connectivity index (χ2v) is 21.1. The quantitative estimate of drug-likeness (QED) is 0.0245. The molecule has 3 heterocycles. The summed E-state index contributed by atoms with van der Waals surface area (Å²) in [7, 11) is 0. The fraction of sp³-hybridized carbons (Fsp3) is 0.621. The first-order chi connectivity index (χ1) is 41.3. The summed E-state index contributed by atoms with van der Waals surface area (Å²) in [6.45, 7) is 1.26. The third kappa shape index (κ3) is 30.0. The molecule has 17 unspecified atom stereocenters. The van der Waals surface area contributed by atoms with E-state index in [9.17, 15) is 61.0 Å². The van der Waals surface area contributed by atoms with Crippen LogP contribution in [0.15, 0.2) is 146 Å². The van der Waals surface area contributed by atoms with E-state index in [1.54, 1.807) is 12.2 Å². The first kappa shape index (κ1) is 74.9. The lowest BCUT2D eigenvalue weighted by molar-refractivity contribution is -0.379. The van der Waals surface area contributed by atoms with Crippen molar-refractivity contribution in [2.45, 2.75) is 234 Å².